The first kappa shape index (κ1) is 20.7. The van der Waals surface area contributed by atoms with E-state index in [2.05, 4.69) is 32.4 Å². The first-order chi connectivity index (χ1) is 9.09. The first-order valence-corrected chi connectivity index (χ1v) is 7.71. The molecule has 122 valence electrons. The van der Waals surface area contributed by atoms with Crippen molar-refractivity contribution in [1.82, 2.24) is 15.5 Å². The van der Waals surface area contributed by atoms with E-state index in [1.54, 1.807) is 11.3 Å². The van der Waals surface area contributed by atoms with Crippen LogP contribution in [0.4, 0.5) is 0 Å². The Balaban J connectivity index is 0.00000200. The third-order valence-corrected chi connectivity index (χ3v) is 4.66. The van der Waals surface area contributed by atoms with E-state index >= 15 is 0 Å². The smallest absolute Gasteiger partial charge is 0.223 e. The van der Waals surface area contributed by atoms with Crippen molar-refractivity contribution in [1.29, 1.82) is 0 Å². The van der Waals surface area contributed by atoms with E-state index in [0.29, 0.717) is 12.5 Å². The Labute approximate surface area is 143 Å². The fourth-order valence-electron chi connectivity index (χ4n) is 2.30. The summed E-state index contributed by atoms with van der Waals surface area (Å²) in [5.74, 6) is 0.777. The van der Waals surface area contributed by atoms with Crippen LogP contribution in [0.25, 0.3) is 0 Å². The largest absolute Gasteiger partial charge is 0.354 e. The zero-order valence-electron chi connectivity index (χ0n) is 12.7. The lowest BCUT2D eigenvalue weighted by atomic mass is 9.88. The van der Waals surface area contributed by atoms with Crippen LogP contribution in [-0.4, -0.2) is 44.5 Å². The Hall–Kier alpha value is -0.330. The van der Waals surface area contributed by atoms with Crippen LogP contribution in [0.3, 0.4) is 0 Å². The summed E-state index contributed by atoms with van der Waals surface area (Å²) >= 11 is 1.70. The predicted octanol–water partition coefficient (Wildman–Crippen LogP) is 2.17. The standard InChI is InChI=1S/C14H23N3OS.2ClH/c1-10(12-6-15-7-12)14(18)16-8-13(17(2)3)11-4-5-19-9-11;;/h4-5,9-10,12-13,15H,6-8H2,1-3H3,(H,16,18);2*1H. The number of hydrogen-bond acceptors (Lipinski definition) is 4. The zero-order valence-corrected chi connectivity index (χ0v) is 15.1. The number of hydrogen-bond donors (Lipinski definition) is 2. The second kappa shape index (κ2) is 9.64. The molecule has 2 atom stereocenters. The number of likely N-dealkylation sites (N-methyl/N-ethyl adjacent to an activating group) is 1. The maximum atomic E-state index is 12.1. The van der Waals surface area contributed by atoms with Crippen LogP contribution in [0.2, 0.25) is 0 Å². The second-order valence-electron chi connectivity index (χ2n) is 5.49. The van der Waals surface area contributed by atoms with Crippen molar-refractivity contribution in [3.05, 3.63) is 22.4 Å². The minimum atomic E-state index is 0. The monoisotopic (exact) mass is 353 g/mol. The van der Waals surface area contributed by atoms with E-state index in [9.17, 15) is 4.79 Å². The normalized spacial score (nSPS) is 17.1. The van der Waals surface area contributed by atoms with E-state index in [1.807, 2.05) is 21.0 Å². The van der Waals surface area contributed by atoms with E-state index in [-0.39, 0.29) is 42.7 Å². The molecule has 0 bridgehead atoms. The molecule has 0 saturated carbocycles. The Morgan fingerprint density at radius 2 is 2.14 bits per heavy atom. The highest BCUT2D eigenvalue weighted by atomic mass is 35.5. The molecule has 1 aliphatic rings. The molecule has 2 unspecified atom stereocenters. The van der Waals surface area contributed by atoms with Gasteiger partial charge in [-0.3, -0.25) is 4.79 Å². The molecule has 0 aliphatic carbocycles. The van der Waals surface area contributed by atoms with Crippen LogP contribution in [0.1, 0.15) is 18.5 Å². The Morgan fingerprint density at radius 1 is 1.48 bits per heavy atom. The van der Waals surface area contributed by atoms with Crippen molar-refractivity contribution < 1.29 is 4.79 Å². The molecule has 1 aliphatic heterocycles. The fourth-order valence-corrected chi connectivity index (χ4v) is 3.01. The van der Waals surface area contributed by atoms with Gasteiger partial charge in [-0.25, -0.2) is 0 Å². The third-order valence-electron chi connectivity index (χ3n) is 3.95. The van der Waals surface area contributed by atoms with Gasteiger partial charge >= 0.3 is 0 Å². The van der Waals surface area contributed by atoms with E-state index in [0.717, 1.165) is 13.1 Å². The summed E-state index contributed by atoms with van der Waals surface area (Å²) in [4.78, 5) is 14.3. The molecular weight excluding hydrogens is 329 g/mol. The average Bonchev–Trinajstić information content (AvgIpc) is 2.79. The van der Waals surface area contributed by atoms with Crippen LogP contribution in [-0.2, 0) is 4.79 Å². The molecule has 2 N–H and O–H groups in total. The highest BCUT2D eigenvalue weighted by Gasteiger charge is 2.29. The molecule has 1 fully saturated rings. The quantitative estimate of drug-likeness (QED) is 0.823. The number of thiophene rings is 1. The van der Waals surface area contributed by atoms with Gasteiger partial charge in [-0.1, -0.05) is 6.92 Å². The van der Waals surface area contributed by atoms with Crippen LogP contribution in [0.15, 0.2) is 16.8 Å². The van der Waals surface area contributed by atoms with Crippen LogP contribution >= 0.6 is 36.2 Å². The maximum absolute atomic E-state index is 12.1. The summed E-state index contributed by atoms with van der Waals surface area (Å²) in [6.07, 6.45) is 0. The maximum Gasteiger partial charge on any atom is 0.223 e. The average molecular weight is 354 g/mol. The summed E-state index contributed by atoms with van der Waals surface area (Å²) in [7, 11) is 4.10. The first-order valence-electron chi connectivity index (χ1n) is 6.76. The number of nitrogens with one attached hydrogen (secondary N) is 2. The molecule has 0 radical (unpaired) electrons. The molecule has 7 heteroatoms. The van der Waals surface area contributed by atoms with Gasteiger partial charge in [-0.2, -0.15) is 11.3 Å². The molecule has 1 saturated heterocycles. The van der Waals surface area contributed by atoms with Crippen molar-refractivity contribution >= 4 is 42.1 Å². The van der Waals surface area contributed by atoms with Crippen LogP contribution in [0, 0.1) is 11.8 Å². The number of nitrogens with zero attached hydrogens (tertiary/aromatic N) is 1. The predicted molar refractivity (Wildman–Crippen MR) is 93.8 cm³/mol. The van der Waals surface area contributed by atoms with Crippen LogP contribution < -0.4 is 10.6 Å². The summed E-state index contributed by atoms with van der Waals surface area (Å²) in [5, 5.41) is 10.5. The zero-order chi connectivity index (χ0) is 13.8. The van der Waals surface area contributed by atoms with Gasteiger partial charge in [0.15, 0.2) is 0 Å². The van der Waals surface area contributed by atoms with Gasteiger partial charge < -0.3 is 15.5 Å². The summed E-state index contributed by atoms with van der Waals surface area (Å²) in [5.41, 5.74) is 1.27. The summed E-state index contributed by atoms with van der Waals surface area (Å²) < 4.78 is 0. The van der Waals surface area contributed by atoms with Gasteiger partial charge in [-0.05, 0) is 55.5 Å². The topological polar surface area (TPSA) is 44.4 Å². The van der Waals surface area contributed by atoms with Gasteiger partial charge in [0.05, 0.1) is 6.04 Å². The molecule has 2 rings (SSSR count). The molecule has 0 aromatic carbocycles. The molecule has 2 heterocycles. The fraction of sp³-hybridized carbons (Fsp3) is 0.643. The molecule has 4 nitrogen and oxygen atoms in total. The van der Waals surface area contributed by atoms with Gasteiger partial charge in [0.25, 0.3) is 0 Å². The van der Waals surface area contributed by atoms with Crippen molar-refractivity contribution in [2.75, 3.05) is 33.7 Å². The number of halogens is 2. The molecule has 1 aromatic rings. The Morgan fingerprint density at radius 3 is 2.57 bits per heavy atom. The van der Waals surface area contributed by atoms with E-state index < -0.39 is 0 Å². The molecule has 21 heavy (non-hydrogen) atoms. The van der Waals surface area contributed by atoms with Crippen molar-refractivity contribution in [2.24, 2.45) is 11.8 Å². The van der Waals surface area contributed by atoms with Gasteiger partial charge in [-0.15, -0.1) is 24.8 Å². The number of carbonyl (C=O) groups is 1. The van der Waals surface area contributed by atoms with Crippen molar-refractivity contribution in [3.8, 4) is 0 Å². The third kappa shape index (κ3) is 5.42. The molecular formula is C14H25Cl2N3OS. The Bertz CT molecular complexity index is 410. The lowest BCUT2D eigenvalue weighted by molar-refractivity contribution is -0.126. The van der Waals surface area contributed by atoms with Crippen LogP contribution in [0.5, 0.6) is 0 Å². The van der Waals surface area contributed by atoms with Gasteiger partial charge in [0, 0.05) is 12.5 Å². The molecule has 0 spiro atoms. The van der Waals surface area contributed by atoms with Gasteiger partial charge in [0.2, 0.25) is 5.91 Å². The number of amides is 1. The van der Waals surface area contributed by atoms with E-state index in [4.69, 9.17) is 0 Å². The SMILES string of the molecule is CC(C(=O)NCC(c1ccsc1)N(C)C)C1CNC1.Cl.Cl. The molecule has 1 amide bonds. The number of carbonyl (C=O) groups excluding carboxylic acids is 1. The van der Waals surface area contributed by atoms with E-state index in [1.165, 1.54) is 5.56 Å². The second-order valence-corrected chi connectivity index (χ2v) is 6.27. The van der Waals surface area contributed by atoms with Gasteiger partial charge in [0.1, 0.15) is 0 Å². The highest BCUT2D eigenvalue weighted by molar-refractivity contribution is 7.07. The number of rotatable bonds is 6. The summed E-state index contributed by atoms with van der Waals surface area (Å²) in [6.45, 7) is 4.63. The minimum absolute atomic E-state index is 0. The lowest BCUT2D eigenvalue weighted by Crippen LogP contribution is -2.50. The lowest BCUT2D eigenvalue weighted by Gasteiger charge is -2.32. The Kier molecular flexibility index (Phi) is 9.49. The van der Waals surface area contributed by atoms with Crippen molar-refractivity contribution in [3.63, 3.8) is 0 Å². The van der Waals surface area contributed by atoms with Crippen molar-refractivity contribution in [2.45, 2.75) is 13.0 Å². The summed E-state index contributed by atoms with van der Waals surface area (Å²) in [6, 6.07) is 2.38. The minimum Gasteiger partial charge on any atom is -0.354 e. The molecule has 1 aromatic heterocycles. The highest BCUT2D eigenvalue weighted by Crippen LogP contribution is 2.21.